The Morgan fingerprint density at radius 3 is 2.69 bits per heavy atom. The number of ether oxygens (including phenoxy) is 2. The number of azide groups is 1. The first-order chi connectivity index (χ1) is 21.3. The van der Waals surface area contributed by atoms with Gasteiger partial charge in [0.15, 0.2) is 17.7 Å². The normalized spacial score (nSPS) is 13.7. The molecule has 3 aromatic rings. The van der Waals surface area contributed by atoms with Gasteiger partial charge in [-0.05, 0) is 101 Å². The highest BCUT2D eigenvalue weighted by Crippen LogP contribution is 2.44. The molecule has 1 aliphatic heterocycles. The lowest BCUT2D eigenvalue weighted by molar-refractivity contribution is -0.160. The molecule has 4 rings (SSSR count). The van der Waals surface area contributed by atoms with Crippen LogP contribution in [0.4, 0.5) is 4.39 Å². The summed E-state index contributed by atoms with van der Waals surface area (Å²) in [5, 5.41) is 17.1. The van der Waals surface area contributed by atoms with Gasteiger partial charge >= 0.3 is 5.97 Å². The van der Waals surface area contributed by atoms with Crippen molar-refractivity contribution in [3.63, 3.8) is 0 Å². The molecule has 12 heteroatoms. The van der Waals surface area contributed by atoms with E-state index >= 15 is 4.39 Å². The van der Waals surface area contributed by atoms with Crippen molar-refractivity contribution in [2.24, 2.45) is 5.11 Å². The van der Waals surface area contributed by atoms with Gasteiger partial charge in [-0.25, -0.2) is 9.18 Å². The molecular weight excluding hydrogens is 579 g/mol. The first-order valence-corrected chi connectivity index (χ1v) is 14.6. The standard InChI is InChI=1S/C33H37FN6O5/c1-18(31(41)37-16-21-10-7-8-12-36-21)14-23-19(2)39-20(3)27(30(32(42)43)45-33(4,5)6)28(23)24-15-26(34)29-22(11-9-13-44-29)25(24)17-38-40-35/h7-8,10,12,14-15,30H,9,11,13,16-17H2,1-6H3,(H,37,41)(H,42,43)/b18-14+/t30-/m0/s1. The summed E-state index contributed by atoms with van der Waals surface area (Å²) in [6.45, 7) is 10.6. The molecule has 0 unspecified atom stereocenters. The second-order valence-electron chi connectivity index (χ2n) is 11.8. The molecule has 1 atom stereocenters. The predicted octanol–water partition coefficient (Wildman–Crippen LogP) is 6.70. The third-order valence-corrected chi connectivity index (χ3v) is 7.32. The largest absolute Gasteiger partial charge is 0.490 e. The van der Waals surface area contributed by atoms with E-state index in [1.54, 1.807) is 65.9 Å². The number of carbonyl (C=O) groups is 2. The van der Waals surface area contributed by atoms with Crippen LogP contribution in [-0.2, 0) is 33.8 Å². The zero-order valence-electron chi connectivity index (χ0n) is 26.3. The molecule has 0 spiro atoms. The lowest BCUT2D eigenvalue weighted by Gasteiger charge is -2.30. The average Bonchev–Trinajstić information content (AvgIpc) is 2.99. The van der Waals surface area contributed by atoms with Crippen molar-refractivity contribution in [2.45, 2.75) is 79.2 Å². The third-order valence-electron chi connectivity index (χ3n) is 7.32. The second-order valence-corrected chi connectivity index (χ2v) is 11.8. The van der Waals surface area contributed by atoms with E-state index in [0.717, 1.165) is 0 Å². The topological polar surface area (TPSA) is 159 Å². The number of rotatable bonds is 10. The lowest BCUT2D eigenvalue weighted by Crippen LogP contribution is -2.29. The number of halogens is 1. The summed E-state index contributed by atoms with van der Waals surface area (Å²) < 4.78 is 27.5. The molecule has 0 aliphatic carbocycles. The first kappa shape index (κ1) is 33.1. The SMILES string of the molecule is C/C(=C\c1c(C)nc(C)c([C@H](OC(C)(C)C)C(=O)O)c1-c1cc(F)c2c(c1CN=[N+]=[N-])CCCO2)C(=O)NCc1ccccn1. The maximum absolute atomic E-state index is 15.8. The molecule has 1 aromatic carbocycles. The average molecular weight is 617 g/mol. The molecule has 3 heterocycles. The van der Waals surface area contributed by atoms with Crippen LogP contribution >= 0.6 is 0 Å². The van der Waals surface area contributed by atoms with Crippen molar-refractivity contribution in [1.29, 1.82) is 0 Å². The molecule has 1 amide bonds. The summed E-state index contributed by atoms with van der Waals surface area (Å²) in [7, 11) is 0. The summed E-state index contributed by atoms with van der Waals surface area (Å²) >= 11 is 0. The van der Waals surface area contributed by atoms with Gasteiger partial charge in [-0.15, -0.1) is 0 Å². The summed E-state index contributed by atoms with van der Waals surface area (Å²) in [5.74, 6) is -2.20. The van der Waals surface area contributed by atoms with E-state index in [0.29, 0.717) is 69.9 Å². The Kier molecular flexibility index (Phi) is 10.2. The molecule has 1 aliphatic rings. The monoisotopic (exact) mass is 616 g/mol. The minimum absolute atomic E-state index is 0.0834. The highest BCUT2D eigenvalue weighted by molar-refractivity contribution is 5.99. The lowest BCUT2D eigenvalue weighted by atomic mass is 9.84. The van der Waals surface area contributed by atoms with Crippen molar-refractivity contribution < 1.29 is 28.6 Å². The van der Waals surface area contributed by atoms with Crippen LogP contribution < -0.4 is 10.1 Å². The van der Waals surface area contributed by atoms with Gasteiger partial charge in [-0.3, -0.25) is 14.8 Å². The van der Waals surface area contributed by atoms with Crippen LogP contribution in [-0.4, -0.2) is 39.2 Å². The number of pyridine rings is 2. The Labute approximate surface area is 261 Å². The number of amides is 1. The van der Waals surface area contributed by atoms with Crippen molar-refractivity contribution in [3.8, 4) is 16.9 Å². The van der Waals surface area contributed by atoms with E-state index in [9.17, 15) is 20.2 Å². The molecule has 0 fully saturated rings. The number of carbonyl (C=O) groups excluding carboxylic acids is 1. The van der Waals surface area contributed by atoms with Gasteiger partial charge in [0.05, 0.1) is 31.0 Å². The van der Waals surface area contributed by atoms with Gasteiger partial charge in [0.25, 0.3) is 0 Å². The Balaban J connectivity index is 2.03. The number of fused-ring (bicyclic) bond motifs is 1. The van der Waals surface area contributed by atoms with E-state index in [4.69, 9.17) is 9.47 Å². The Bertz CT molecular complexity index is 1690. The minimum Gasteiger partial charge on any atom is -0.490 e. The van der Waals surface area contributed by atoms with Gasteiger partial charge < -0.3 is 19.9 Å². The Morgan fingerprint density at radius 2 is 2.04 bits per heavy atom. The van der Waals surface area contributed by atoms with Gasteiger partial charge in [0.2, 0.25) is 5.91 Å². The number of nitrogens with one attached hydrogen (secondary N) is 1. The summed E-state index contributed by atoms with van der Waals surface area (Å²) in [5.41, 5.74) is 12.5. The second kappa shape index (κ2) is 13.9. The van der Waals surface area contributed by atoms with E-state index in [-0.39, 0.29) is 30.3 Å². The van der Waals surface area contributed by atoms with Crippen molar-refractivity contribution in [1.82, 2.24) is 15.3 Å². The van der Waals surface area contributed by atoms with Crippen molar-refractivity contribution in [2.75, 3.05) is 6.61 Å². The zero-order valence-corrected chi connectivity index (χ0v) is 26.3. The minimum atomic E-state index is -1.50. The van der Waals surface area contributed by atoms with E-state index < -0.39 is 23.5 Å². The van der Waals surface area contributed by atoms with E-state index in [1.165, 1.54) is 6.07 Å². The number of aliphatic carboxylic acids is 1. The maximum atomic E-state index is 15.8. The molecule has 0 bridgehead atoms. The number of hydrogen-bond donors (Lipinski definition) is 2. The molecule has 0 saturated heterocycles. The predicted molar refractivity (Wildman–Crippen MR) is 167 cm³/mol. The molecule has 0 radical (unpaired) electrons. The van der Waals surface area contributed by atoms with Crippen LogP contribution in [0.5, 0.6) is 5.75 Å². The van der Waals surface area contributed by atoms with Crippen LogP contribution in [0.15, 0.2) is 41.1 Å². The number of aryl methyl sites for hydroxylation is 2. The fourth-order valence-electron chi connectivity index (χ4n) is 5.42. The highest BCUT2D eigenvalue weighted by atomic mass is 19.1. The molecule has 45 heavy (non-hydrogen) atoms. The number of carboxylic acids is 1. The summed E-state index contributed by atoms with van der Waals surface area (Å²) in [6.07, 6.45) is 2.83. The molecule has 0 saturated carbocycles. The van der Waals surface area contributed by atoms with Crippen LogP contribution in [0.3, 0.4) is 0 Å². The summed E-state index contributed by atoms with van der Waals surface area (Å²) in [6, 6.07) is 6.66. The summed E-state index contributed by atoms with van der Waals surface area (Å²) in [4.78, 5) is 37.9. The van der Waals surface area contributed by atoms with E-state index in [2.05, 4.69) is 25.3 Å². The maximum Gasteiger partial charge on any atom is 0.337 e. The number of nitrogens with zero attached hydrogens (tertiary/aromatic N) is 5. The van der Waals surface area contributed by atoms with E-state index in [1.807, 2.05) is 6.07 Å². The van der Waals surface area contributed by atoms with Crippen LogP contribution in [0, 0.1) is 19.7 Å². The molecule has 236 valence electrons. The fraction of sp³-hybridized carbons (Fsp3) is 0.394. The van der Waals surface area contributed by atoms with Gasteiger partial charge in [0, 0.05) is 44.8 Å². The number of carboxylic acid groups (broad SMARTS) is 1. The zero-order chi connectivity index (χ0) is 32.9. The highest BCUT2D eigenvalue weighted by Gasteiger charge is 2.34. The quantitative estimate of drug-likeness (QED) is 0.111. The Morgan fingerprint density at radius 1 is 1.29 bits per heavy atom. The number of aromatic nitrogens is 2. The molecular formula is C33H37FN6O5. The van der Waals surface area contributed by atoms with Crippen LogP contribution in [0.2, 0.25) is 0 Å². The third kappa shape index (κ3) is 7.65. The Hall–Kier alpha value is -4.80. The van der Waals surface area contributed by atoms with Crippen LogP contribution in [0.1, 0.15) is 79.6 Å². The molecule has 2 aromatic heterocycles. The molecule has 2 N–H and O–H groups in total. The van der Waals surface area contributed by atoms with Gasteiger partial charge in [0.1, 0.15) is 0 Å². The first-order valence-electron chi connectivity index (χ1n) is 14.6. The smallest absolute Gasteiger partial charge is 0.337 e. The fourth-order valence-corrected chi connectivity index (χ4v) is 5.42. The number of benzene rings is 1. The van der Waals surface area contributed by atoms with Gasteiger partial charge in [-0.2, -0.15) is 0 Å². The van der Waals surface area contributed by atoms with Crippen LogP contribution in [0.25, 0.3) is 27.6 Å². The van der Waals surface area contributed by atoms with Crippen molar-refractivity contribution in [3.05, 3.63) is 91.6 Å². The van der Waals surface area contributed by atoms with Gasteiger partial charge in [-0.1, -0.05) is 11.2 Å². The molecule has 11 nitrogen and oxygen atoms in total. The number of hydrogen-bond acceptors (Lipinski definition) is 7. The van der Waals surface area contributed by atoms with Crippen molar-refractivity contribution >= 4 is 18.0 Å².